The number of benzene rings is 2. The number of hydrogen-bond donors (Lipinski definition) is 1. The lowest BCUT2D eigenvalue weighted by Crippen LogP contribution is -1.98. The van der Waals surface area contributed by atoms with Crippen LogP contribution in [0.4, 0.5) is 0 Å². The number of aryl methyl sites for hydroxylation is 1. The number of rotatable bonds is 4. The summed E-state index contributed by atoms with van der Waals surface area (Å²) in [4.78, 5) is 1.06. The Morgan fingerprint density at radius 3 is 2.42 bits per heavy atom. The van der Waals surface area contributed by atoms with E-state index in [1.165, 1.54) is 17.7 Å². The highest BCUT2D eigenvalue weighted by atomic mass is 32.9. The maximum atomic E-state index is 11.1. The van der Waals surface area contributed by atoms with Crippen molar-refractivity contribution in [2.24, 2.45) is 0 Å². The van der Waals surface area contributed by atoms with E-state index < -0.39 is 10.1 Å². The van der Waals surface area contributed by atoms with E-state index in [-0.39, 0.29) is 4.90 Å². The maximum absolute atomic E-state index is 11.1. The van der Waals surface area contributed by atoms with Crippen molar-refractivity contribution in [2.75, 3.05) is 0 Å². The predicted octanol–water partition coefficient (Wildman–Crippen LogP) is 5.35. The summed E-state index contributed by atoms with van der Waals surface area (Å²) in [7, 11) is -0.917. The maximum Gasteiger partial charge on any atom is 0.294 e. The highest BCUT2D eigenvalue weighted by Gasteiger charge is 2.13. The van der Waals surface area contributed by atoms with Crippen molar-refractivity contribution in [1.29, 1.82) is 0 Å². The zero-order chi connectivity index (χ0) is 17.3. The second-order valence-electron chi connectivity index (χ2n) is 5.43. The molecule has 1 N–H and O–H groups in total. The van der Waals surface area contributed by atoms with Gasteiger partial charge in [0.15, 0.2) is 0 Å². The molecule has 0 saturated heterocycles. The molecule has 0 spiro atoms. The van der Waals surface area contributed by atoms with Crippen molar-refractivity contribution < 1.29 is 13.0 Å². The molecule has 7 heteroatoms. The molecule has 0 aliphatic heterocycles. The van der Waals surface area contributed by atoms with Crippen LogP contribution in [0.1, 0.15) is 16.7 Å². The summed E-state index contributed by atoms with van der Waals surface area (Å²) in [5, 5.41) is 0. The molecule has 1 heterocycles. The van der Waals surface area contributed by atoms with Gasteiger partial charge in [-0.1, -0.05) is 74.9 Å². The molecule has 0 aliphatic rings. The molecular weight excluding hydrogens is 380 g/mol. The van der Waals surface area contributed by atoms with Gasteiger partial charge in [0.1, 0.15) is 3.82 Å². The quantitative estimate of drug-likeness (QED) is 0.368. The van der Waals surface area contributed by atoms with Crippen LogP contribution >= 0.6 is 32.9 Å². The van der Waals surface area contributed by atoms with Gasteiger partial charge in [-0.3, -0.25) is 4.55 Å². The van der Waals surface area contributed by atoms with Crippen LogP contribution in [0.2, 0.25) is 0 Å². The van der Waals surface area contributed by atoms with Crippen molar-refractivity contribution in [1.82, 2.24) is 0 Å². The smallest absolute Gasteiger partial charge is 0.282 e. The lowest BCUT2D eigenvalue weighted by Gasteiger charge is -2.06. The SMILES string of the molecule is Cc1cccc(-c2ssc(=S)c2Cc2ccc(S(=O)(=O)O)cc2)c1. The summed E-state index contributed by atoms with van der Waals surface area (Å²) in [5.74, 6) is 0. The van der Waals surface area contributed by atoms with Crippen LogP contribution in [-0.2, 0) is 16.5 Å². The summed E-state index contributed by atoms with van der Waals surface area (Å²) in [5.41, 5.74) is 4.38. The van der Waals surface area contributed by atoms with Gasteiger partial charge in [-0.25, -0.2) is 0 Å². The van der Waals surface area contributed by atoms with Crippen LogP contribution in [0.5, 0.6) is 0 Å². The van der Waals surface area contributed by atoms with Gasteiger partial charge in [-0.05, 0) is 30.2 Å². The Balaban J connectivity index is 1.97. The zero-order valence-electron chi connectivity index (χ0n) is 12.7. The van der Waals surface area contributed by atoms with Gasteiger partial charge in [0.2, 0.25) is 0 Å². The van der Waals surface area contributed by atoms with Gasteiger partial charge < -0.3 is 0 Å². The Morgan fingerprint density at radius 1 is 1.08 bits per heavy atom. The Bertz CT molecular complexity index is 1030. The average molecular weight is 395 g/mol. The highest BCUT2D eigenvalue weighted by molar-refractivity contribution is 7.85. The van der Waals surface area contributed by atoms with Gasteiger partial charge >= 0.3 is 0 Å². The normalized spacial score (nSPS) is 11.6. The third-order valence-corrected chi connectivity index (χ3v) is 7.66. The van der Waals surface area contributed by atoms with Crippen LogP contribution in [0.25, 0.3) is 10.4 Å². The molecule has 2 aromatic carbocycles. The third kappa shape index (κ3) is 3.81. The first-order chi connectivity index (χ1) is 11.3. The van der Waals surface area contributed by atoms with Gasteiger partial charge in [0, 0.05) is 12.0 Å². The van der Waals surface area contributed by atoms with E-state index in [9.17, 15) is 8.42 Å². The first-order valence-electron chi connectivity index (χ1n) is 7.10. The molecule has 0 bridgehead atoms. The summed E-state index contributed by atoms with van der Waals surface area (Å²) >= 11 is 5.48. The highest BCUT2D eigenvalue weighted by Crippen LogP contribution is 2.36. The third-order valence-electron chi connectivity index (χ3n) is 3.60. The first-order valence-corrected chi connectivity index (χ1v) is 11.1. The van der Waals surface area contributed by atoms with E-state index in [1.807, 2.05) is 6.07 Å². The van der Waals surface area contributed by atoms with Crippen molar-refractivity contribution in [3.63, 3.8) is 0 Å². The van der Waals surface area contributed by atoms with Gasteiger partial charge in [0.05, 0.1) is 9.77 Å². The molecule has 124 valence electrons. The van der Waals surface area contributed by atoms with Crippen molar-refractivity contribution in [2.45, 2.75) is 18.2 Å². The van der Waals surface area contributed by atoms with E-state index in [4.69, 9.17) is 16.8 Å². The molecule has 0 radical (unpaired) electrons. The van der Waals surface area contributed by atoms with Crippen molar-refractivity contribution in [3.05, 3.63) is 69.0 Å². The fourth-order valence-corrected chi connectivity index (χ4v) is 5.81. The molecule has 1 aromatic heterocycles. The molecule has 0 fully saturated rings. The average Bonchev–Trinajstić information content (AvgIpc) is 2.88. The van der Waals surface area contributed by atoms with E-state index in [2.05, 4.69) is 25.1 Å². The van der Waals surface area contributed by atoms with E-state index in [0.29, 0.717) is 6.42 Å². The summed E-state index contributed by atoms with van der Waals surface area (Å²) in [6.45, 7) is 2.06. The van der Waals surface area contributed by atoms with E-state index in [1.54, 1.807) is 32.8 Å². The van der Waals surface area contributed by atoms with Crippen molar-refractivity contribution in [3.8, 4) is 10.4 Å². The van der Waals surface area contributed by atoms with Crippen LogP contribution in [0, 0.1) is 10.7 Å². The summed E-state index contributed by atoms with van der Waals surface area (Å²) < 4.78 is 32.2. The molecule has 0 aliphatic carbocycles. The molecule has 0 unspecified atom stereocenters. The molecule has 0 atom stereocenters. The summed E-state index contributed by atoms with van der Waals surface area (Å²) in [6.07, 6.45) is 0.633. The topological polar surface area (TPSA) is 54.4 Å². The Labute approximate surface area is 153 Å². The first kappa shape index (κ1) is 17.4. The Hall–Kier alpha value is -1.38. The molecular formula is C17H14O3S4. The molecule has 3 aromatic rings. The van der Waals surface area contributed by atoms with Crippen LogP contribution in [-0.4, -0.2) is 13.0 Å². The minimum Gasteiger partial charge on any atom is -0.282 e. The molecule has 3 rings (SSSR count). The lowest BCUT2D eigenvalue weighted by molar-refractivity contribution is 0.483. The molecule has 0 amide bonds. The van der Waals surface area contributed by atoms with Crippen molar-refractivity contribution >= 4 is 43.0 Å². The van der Waals surface area contributed by atoms with Crippen LogP contribution < -0.4 is 0 Å². The largest absolute Gasteiger partial charge is 0.294 e. The fraction of sp³-hybridized carbons (Fsp3) is 0.118. The monoisotopic (exact) mass is 394 g/mol. The Kier molecular flexibility index (Phi) is 4.98. The minimum absolute atomic E-state index is 0.100. The van der Waals surface area contributed by atoms with E-state index in [0.717, 1.165) is 25.4 Å². The van der Waals surface area contributed by atoms with Gasteiger partial charge in [-0.15, -0.1) is 0 Å². The number of hydrogen-bond acceptors (Lipinski definition) is 5. The Morgan fingerprint density at radius 2 is 1.79 bits per heavy atom. The van der Waals surface area contributed by atoms with Gasteiger partial charge in [0.25, 0.3) is 10.1 Å². The predicted molar refractivity (Wildman–Crippen MR) is 102 cm³/mol. The molecule has 0 saturated carbocycles. The van der Waals surface area contributed by atoms with Crippen LogP contribution in [0.15, 0.2) is 53.4 Å². The second kappa shape index (κ2) is 6.85. The summed E-state index contributed by atoms with van der Waals surface area (Å²) in [6, 6.07) is 14.5. The van der Waals surface area contributed by atoms with Crippen LogP contribution in [0.3, 0.4) is 0 Å². The minimum atomic E-state index is -4.16. The molecule has 24 heavy (non-hydrogen) atoms. The second-order valence-corrected chi connectivity index (χ2v) is 9.67. The zero-order valence-corrected chi connectivity index (χ0v) is 16.0. The van der Waals surface area contributed by atoms with Gasteiger partial charge in [-0.2, -0.15) is 8.42 Å². The molecule has 3 nitrogen and oxygen atoms in total. The standard InChI is InChI=1S/C17H14O3S4/c1-11-3-2-4-13(9-11)16-15(17(21)23-22-16)10-12-5-7-14(8-6-12)24(18,19)20/h2-9H,10H2,1H3,(H,18,19,20). The lowest BCUT2D eigenvalue weighted by atomic mass is 10.0. The fourth-order valence-electron chi connectivity index (χ4n) is 2.42. The van der Waals surface area contributed by atoms with E-state index >= 15 is 0 Å².